The van der Waals surface area contributed by atoms with Crippen molar-refractivity contribution in [2.24, 2.45) is 5.73 Å². The lowest BCUT2D eigenvalue weighted by molar-refractivity contribution is -0.122. The molecule has 0 bridgehead atoms. The third-order valence-corrected chi connectivity index (χ3v) is 5.97. The van der Waals surface area contributed by atoms with E-state index in [9.17, 15) is 4.79 Å². The Morgan fingerprint density at radius 2 is 2.00 bits per heavy atom. The topological polar surface area (TPSA) is 68.0 Å². The lowest BCUT2D eigenvalue weighted by Gasteiger charge is -2.48. The summed E-state index contributed by atoms with van der Waals surface area (Å²) in [6.07, 6.45) is 2.23. The van der Waals surface area contributed by atoms with Crippen molar-refractivity contribution in [3.8, 4) is 0 Å². The molecule has 1 amide bonds. The molecule has 0 unspecified atom stereocenters. The number of hydrogen-bond donors (Lipinski definition) is 2. The van der Waals surface area contributed by atoms with Crippen LogP contribution in [0.4, 0.5) is 0 Å². The lowest BCUT2D eigenvalue weighted by Crippen LogP contribution is -2.56. The average molecular weight is 388 g/mol. The summed E-state index contributed by atoms with van der Waals surface area (Å²) < 4.78 is 1.13. The highest BCUT2D eigenvalue weighted by Gasteiger charge is 2.44. The van der Waals surface area contributed by atoms with Gasteiger partial charge in [-0.1, -0.05) is 36.4 Å². The fraction of sp³-hybridized carbons (Fsp3) is 0.300. The van der Waals surface area contributed by atoms with E-state index in [4.69, 9.17) is 5.73 Å². The number of nitrogens with one attached hydrogen (secondary N) is 1. The van der Waals surface area contributed by atoms with Crippen LogP contribution in [-0.2, 0) is 16.6 Å². The van der Waals surface area contributed by atoms with E-state index in [1.54, 1.807) is 11.3 Å². The quantitative estimate of drug-likeness (QED) is 0.704. The van der Waals surface area contributed by atoms with E-state index in [0.29, 0.717) is 13.0 Å². The SMILES string of the molecule is Cl.NCC1(c2ccccc2)CC(NC(=O)Cc2ccc3ncsc3c2)C1. The van der Waals surface area contributed by atoms with Gasteiger partial charge in [-0.2, -0.15) is 0 Å². The van der Waals surface area contributed by atoms with Gasteiger partial charge in [0, 0.05) is 18.0 Å². The molecule has 1 saturated carbocycles. The molecule has 136 valence electrons. The fourth-order valence-corrected chi connectivity index (χ4v) is 4.51. The van der Waals surface area contributed by atoms with Crippen LogP contribution in [-0.4, -0.2) is 23.5 Å². The van der Waals surface area contributed by atoms with Crippen LogP contribution in [0.2, 0.25) is 0 Å². The van der Waals surface area contributed by atoms with Crippen molar-refractivity contribution in [3.63, 3.8) is 0 Å². The highest BCUT2D eigenvalue weighted by Crippen LogP contribution is 2.43. The molecule has 1 aromatic heterocycles. The van der Waals surface area contributed by atoms with Crippen LogP contribution < -0.4 is 11.1 Å². The maximum absolute atomic E-state index is 12.4. The number of aromatic nitrogens is 1. The summed E-state index contributed by atoms with van der Waals surface area (Å²) in [7, 11) is 0. The molecule has 1 aliphatic rings. The number of benzene rings is 2. The van der Waals surface area contributed by atoms with Crippen LogP contribution in [0, 0.1) is 0 Å². The number of fused-ring (bicyclic) bond motifs is 1. The van der Waals surface area contributed by atoms with Crippen LogP contribution in [0.5, 0.6) is 0 Å². The first-order valence-electron chi connectivity index (χ1n) is 8.56. The number of nitrogens with zero attached hydrogens (tertiary/aromatic N) is 1. The Labute approximate surface area is 163 Å². The van der Waals surface area contributed by atoms with Crippen molar-refractivity contribution < 1.29 is 4.79 Å². The second-order valence-electron chi connectivity index (χ2n) is 6.85. The highest BCUT2D eigenvalue weighted by atomic mass is 35.5. The van der Waals surface area contributed by atoms with E-state index in [-0.39, 0.29) is 29.8 Å². The molecule has 1 aliphatic carbocycles. The molecule has 0 saturated heterocycles. The summed E-state index contributed by atoms with van der Waals surface area (Å²) in [6.45, 7) is 0.616. The first-order valence-corrected chi connectivity index (χ1v) is 9.44. The first-order chi connectivity index (χ1) is 12.2. The minimum Gasteiger partial charge on any atom is -0.353 e. The minimum absolute atomic E-state index is 0. The molecule has 1 heterocycles. The summed E-state index contributed by atoms with van der Waals surface area (Å²) in [5, 5.41) is 3.16. The van der Waals surface area contributed by atoms with Crippen LogP contribution in [0.15, 0.2) is 54.0 Å². The van der Waals surface area contributed by atoms with Crippen LogP contribution in [0.25, 0.3) is 10.2 Å². The van der Waals surface area contributed by atoms with E-state index in [1.807, 2.05) is 35.8 Å². The average Bonchev–Trinajstić information content (AvgIpc) is 3.06. The van der Waals surface area contributed by atoms with Crippen LogP contribution >= 0.6 is 23.7 Å². The second-order valence-corrected chi connectivity index (χ2v) is 7.74. The minimum atomic E-state index is 0. The standard InChI is InChI=1S/C20H21N3OS.ClH/c21-12-20(15-4-2-1-3-5-15)10-16(11-20)23-19(24)9-14-6-7-17-18(8-14)25-13-22-17;/h1-8,13,16H,9-12,21H2,(H,23,24);1H. The zero-order valence-electron chi connectivity index (χ0n) is 14.4. The molecule has 3 N–H and O–H groups in total. The van der Waals surface area contributed by atoms with Crippen LogP contribution in [0.1, 0.15) is 24.0 Å². The normalized spacial score (nSPS) is 21.7. The summed E-state index contributed by atoms with van der Waals surface area (Å²) in [5.41, 5.74) is 11.2. The zero-order valence-corrected chi connectivity index (χ0v) is 16.0. The maximum Gasteiger partial charge on any atom is 0.224 e. The number of hydrogen-bond acceptors (Lipinski definition) is 4. The summed E-state index contributed by atoms with van der Waals surface area (Å²) in [4.78, 5) is 16.6. The largest absolute Gasteiger partial charge is 0.353 e. The van der Waals surface area contributed by atoms with Crippen molar-refractivity contribution in [1.82, 2.24) is 10.3 Å². The number of thiazole rings is 1. The van der Waals surface area contributed by atoms with E-state index < -0.39 is 0 Å². The summed E-state index contributed by atoms with van der Waals surface area (Å²) in [5.74, 6) is 0.0764. The monoisotopic (exact) mass is 387 g/mol. The Bertz CT molecular complexity index is 890. The summed E-state index contributed by atoms with van der Waals surface area (Å²) >= 11 is 1.60. The predicted molar refractivity (Wildman–Crippen MR) is 109 cm³/mol. The molecular weight excluding hydrogens is 366 g/mol. The van der Waals surface area contributed by atoms with Gasteiger partial charge in [0.25, 0.3) is 0 Å². The van der Waals surface area contributed by atoms with E-state index >= 15 is 0 Å². The van der Waals surface area contributed by atoms with E-state index in [1.165, 1.54) is 5.56 Å². The van der Waals surface area contributed by atoms with Gasteiger partial charge in [-0.25, -0.2) is 4.98 Å². The van der Waals surface area contributed by atoms with Gasteiger partial charge in [0.2, 0.25) is 5.91 Å². The molecule has 3 aromatic rings. The number of nitrogens with two attached hydrogens (primary N) is 1. The molecule has 0 aliphatic heterocycles. The Hall–Kier alpha value is -1.95. The number of halogens is 1. The first kappa shape index (κ1) is 18.8. The van der Waals surface area contributed by atoms with Gasteiger partial charge in [-0.05, 0) is 36.1 Å². The Kier molecular flexibility index (Phi) is 5.61. The van der Waals surface area contributed by atoms with Crippen molar-refractivity contribution in [3.05, 3.63) is 65.2 Å². The van der Waals surface area contributed by atoms with Gasteiger partial charge in [-0.3, -0.25) is 4.79 Å². The smallest absolute Gasteiger partial charge is 0.224 e. The Morgan fingerprint density at radius 3 is 2.73 bits per heavy atom. The van der Waals surface area contributed by atoms with Crippen molar-refractivity contribution in [2.75, 3.05) is 6.54 Å². The summed E-state index contributed by atoms with van der Waals surface area (Å²) in [6, 6.07) is 16.6. The molecule has 6 heteroatoms. The molecular formula is C20H22ClN3OS. The lowest BCUT2D eigenvalue weighted by atomic mass is 9.61. The van der Waals surface area contributed by atoms with E-state index in [2.05, 4.69) is 28.5 Å². The Morgan fingerprint density at radius 1 is 1.23 bits per heavy atom. The molecule has 0 spiro atoms. The van der Waals surface area contributed by atoms with Gasteiger partial charge in [0.15, 0.2) is 0 Å². The predicted octanol–water partition coefficient (Wildman–Crippen LogP) is 3.44. The van der Waals surface area contributed by atoms with Crippen molar-refractivity contribution in [1.29, 1.82) is 0 Å². The van der Waals surface area contributed by atoms with Gasteiger partial charge < -0.3 is 11.1 Å². The highest BCUT2D eigenvalue weighted by molar-refractivity contribution is 7.16. The fourth-order valence-electron chi connectivity index (χ4n) is 3.77. The maximum atomic E-state index is 12.4. The van der Waals surface area contributed by atoms with Gasteiger partial charge in [0.05, 0.1) is 22.1 Å². The second kappa shape index (κ2) is 7.74. The van der Waals surface area contributed by atoms with E-state index in [0.717, 1.165) is 28.6 Å². The van der Waals surface area contributed by atoms with Gasteiger partial charge in [0.1, 0.15) is 0 Å². The molecule has 2 aromatic carbocycles. The molecule has 0 atom stereocenters. The van der Waals surface area contributed by atoms with Crippen molar-refractivity contribution >= 4 is 39.9 Å². The Balaban J connectivity index is 0.00000196. The molecule has 26 heavy (non-hydrogen) atoms. The number of amides is 1. The van der Waals surface area contributed by atoms with Gasteiger partial charge in [-0.15, -0.1) is 23.7 Å². The molecule has 4 rings (SSSR count). The van der Waals surface area contributed by atoms with Gasteiger partial charge >= 0.3 is 0 Å². The van der Waals surface area contributed by atoms with Crippen molar-refractivity contribution in [2.45, 2.75) is 30.7 Å². The molecule has 4 nitrogen and oxygen atoms in total. The number of carbonyl (C=O) groups excluding carboxylic acids is 1. The third kappa shape index (κ3) is 3.61. The molecule has 0 radical (unpaired) electrons. The van der Waals surface area contributed by atoms with Crippen LogP contribution in [0.3, 0.4) is 0 Å². The number of rotatable bonds is 5. The third-order valence-electron chi connectivity index (χ3n) is 5.18. The zero-order chi connectivity index (χ0) is 17.3. The number of carbonyl (C=O) groups is 1. The molecule has 1 fully saturated rings.